The molecule has 0 aliphatic heterocycles. The van der Waals surface area contributed by atoms with Gasteiger partial charge < -0.3 is 20.4 Å². The highest BCUT2D eigenvalue weighted by molar-refractivity contribution is 9.10. The van der Waals surface area contributed by atoms with E-state index in [1.165, 1.54) is 26.4 Å². The number of nitrogens with one attached hydrogen (secondary N) is 3. The molecule has 3 rings (SSSR count). The molecule has 1 fully saturated rings. The molecule has 9 heteroatoms. The third-order valence-electron chi connectivity index (χ3n) is 4.20. The number of rotatable bonds is 6. The van der Waals surface area contributed by atoms with Crippen molar-refractivity contribution in [3.05, 3.63) is 22.7 Å². The minimum atomic E-state index is -0.464. The smallest absolute Gasteiger partial charge is 0.407 e. The van der Waals surface area contributed by atoms with Crippen molar-refractivity contribution in [1.82, 2.24) is 25.3 Å². The Labute approximate surface area is 154 Å². The van der Waals surface area contributed by atoms with Gasteiger partial charge in [-0.15, -0.1) is 0 Å². The normalized spacial score (nSPS) is 15.3. The Bertz CT molecular complexity index is 746. The van der Waals surface area contributed by atoms with Crippen molar-refractivity contribution >= 4 is 28.0 Å². The summed E-state index contributed by atoms with van der Waals surface area (Å²) in [6.45, 7) is 2.35. The van der Waals surface area contributed by atoms with Gasteiger partial charge in [0, 0.05) is 24.7 Å². The van der Waals surface area contributed by atoms with E-state index in [1.807, 2.05) is 13.0 Å². The van der Waals surface area contributed by atoms with E-state index in [4.69, 9.17) is 0 Å². The zero-order valence-corrected chi connectivity index (χ0v) is 15.8. The molecule has 1 aliphatic carbocycles. The molecule has 25 heavy (non-hydrogen) atoms. The van der Waals surface area contributed by atoms with Crippen molar-refractivity contribution in [2.24, 2.45) is 0 Å². The van der Waals surface area contributed by atoms with Crippen LogP contribution in [0.15, 0.2) is 16.9 Å². The van der Waals surface area contributed by atoms with Crippen LogP contribution in [0.1, 0.15) is 37.9 Å². The Morgan fingerprint density at radius 1 is 1.48 bits per heavy atom. The average Bonchev–Trinajstić information content (AvgIpc) is 2.92. The van der Waals surface area contributed by atoms with Crippen LogP contribution < -0.4 is 10.6 Å². The number of imidazole rings is 1. The molecule has 1 atom stereocenters. The summed E-state index contributed by atoms with van der Waals surface area (Å²) in [5, 5.41) is 5.79. The Morgan fingerprint density at radius 2 is 2.28 bits per heavy atom. The quantitative estimate of drug-likeness (QED) is 0.678. The summed E-state index contributed by atoms with van der Waals surface area (Å²) in [6, 6.07) is 1.72. The molecule has 0 aromatic carbocycles. The first-order chi connectivity index (χ1) is 12.1. The van der Waals surface area contributed by atoms with Crippen molar-refractivity contribution in [3.63, 3.8) is 0 Å². The van der Waals surface area contributed by atoms with Crippen molar-refractivity contribution in [1.29, 1.82) is 0 Å². The molecule has 0 saturated heterocycles. The van der Waals surface area contributed by atoms with Crippen molar-refractivity contribution in [3.8, 4) is 11.4 Å². The average molecular weight is 409 g/mol. The van der Waals surface area contributed by atoms with Gasteiger partial charge in [-0.2, -0.15) is 0 Å². The number of ether oxygens (including phenoxy) is 1. The lowest BCUT2D eigenvalue weighted by atomic mass is 9.85. The number of aromatic amines is 1. The second kappa shape index (κ2) is 7.81. The Hall–Kier alpha value is -2.16. The number of H-pyrrole nitrogens is 1. The van der Waals surface area contributed by atoms with Crippen molar-refractivity contribution < 1.29 is 9.53 Å². The van der Waals surface area contributed by atoms with Gasteiger partial charge in [0.15, 0.2) is 0 Å². The molecule has 1 amide bonds. The summed E-state index contributed by atoms with van der Waals surface area (Å²) >= 11 is 3.51. The molecule has 1 unspecified atom stereocenters. The lowest BCUT2D eigenvalue weighted by Gasteiger charge is -2.22. The van der Waals surface area contributed by atoms with Gasteiger partial charge in [0.2, 0.25) is 5.95 Å². The minimum Gasteiger partial charge on any atom is -0.453 e. The lowest BCUT2D eigenvalue weighted by Crippen LogP contribution is -2.37. The van der Waals surface area contributed by atoms with E-state index in [-0.39, 0.29) is 6.04 Å². The highest BCUT2D eigenvalue weighted by Crippen LogP contribution is 2.37. The lowest BCUT2D eigenvalue weighted by molar-refractivity contribution is 0.168. The number of amides is 1. The third kappa shape index (κ3) is 4.28. The molecule has 8 nitrogen and oxygen atoms in total. The van der Waals surface area contributed by atoms with Crippen molar-refractivity contribution in [2.75, 3.05) is 19.0 Å². The van der Waals surface area contributed by atoms with Crippen LogP contribution in [0.25, 0.3) is 11.4 Å². The number of nitrogens with zero attached hydrogens (tertiary/aromatic N) is 3. The van der Waals surface area contributed by atoms with E-state index in [1.54, 1.807) is 6.20 Å². The molecule has 0 radical (unpaired) electrons. The predicted octanol–water partition coefficient (Wildman–Crippen LogP) is 3.05. The minimum absolute atomic E-state index is 0.121. The first kappa shape index (κ1) is 17.7. The maximum Gasteiger partial charge on any atom is 0.407 e. The Morgan fingerprint density at radius 3 is 2.96 bits per heavy atom. The fourth-order valence-corrected chi connectivity index (χ4v) is 3.05. The molecule has 1 saturated carbocycles. The highest BCUT2D eigenvalue weighted by Gasteiger charge is 2.24. The zero-order valence-electron chi connectivity index (χ0n) is 14.2. The predicted molar refractivity (Wildman–Crippen MR) is 97.4 cm³/mol. The summed E-state index contributed by atoms with van der Waals surface area (Å²) < 4.78 is 5.34. The number of alkyl carbamates (subject to hydrolysis) is 1. The number of halogens is 1. The van der Waals surface area contributed by atoms with Crippen LogP contribution in [-0.2, 0) is 4.74 Å². The third-order valence-corrected chi connectivity index (χ3v) is 4.77. The van der Waals surface area contributed by atoms with Crippen LogP contribution in [0.5, 0.6) is 0 Å². The maximum absolute atomic E-state index is 11.2. The summed E-state index contributed by atoms with van der Waals surface area (Å²) in [5.74, 6) is 2.02. The van der Waals surface area contributed by atoms with Gasteiger partial charge in [-0.25, -0.2) is 19.7 Å². The van der Waals surface area contributed by atoms with Gasteiger partial charge in [-0.3, -0.25) is 0 Å². The van der Waals surface area contributed by atoms with E-state index in [2.05, 4.69) is 51.2 Å². The SMILES string of the molecule is COC(=O)NC(C)CNc1nccc(-c2[nH]c(C3CCC3)nc2Br)n1. The largest absolute Gasteiger partial charge is 0.453 e. The Balaban J connectivity index is 1.67. The van der Waals surface area contributed by atoms with E-state index in [0.29, 0.717) is 18.4 Å². The summed E-state index contributed by atoms with van der Waals surface area (Å²) in [4.78, 5) is 27.9. The monoisotopic (exact) mass is 408 g/mol. The first-order valence-electron chi connectivity index (χ1n) is 8.24. The Kier molecular flexibility index (Phi) is 5.52. The van der Waals surface area contributed by atoms with E-state index in [9.17, 15) is 4.79 Å². The van der Waals surface area contributed by atoms with Gasteiger partial charge in [0.05, 0.1) is 18.5 Å². The maximum atomic E-state index is 11.2. The molecule has 1 aliphatic rings. The van der Waals surface area contributed by atoms with E-state index >= 15 is 0 Å². The fourth-order valence-electron chi connectivity index (χ4n) is 2.55. The van der Waals surface area contributed by atoms with Gasteiger partial charge >= 0.3 is 6.09 Å². The number of hydrogen-bond donors (Lipinski definition) is 3. The topological polar surface area (TPSA) is 105 Å². The van der Waals surface area contributed by atoms with Gasteiger partial charge in [0.1, 0.15) is 10.4 Å². The van der Waals surface area contributed by atoms with E-state index < -0.39 is 6.09 Å². The van der Waals surface area contributed by atoms with Crippen LogP contribution in [-0.4, -0.2) is 45.7 Å². The summed E-state index contributed by atoms with van der Waals surface area (Å²) in [6.07, 6.45) is 4.85. The van der Waals surface area contributed by atoms with E-state index in [0.717, 1.165) is 21.8 Å². The number of carbonyl (C=O) groups excluding carboxylic acids is 1. The molecule has 0 spiro atoms. The summed E-state index contributed by atoms with van der Waals surface area (Å²) in [5.41, 5.74) is 1.61. The standard InChI is InChI=1S/C16H21BrN6O2/c1-9(20-16(24)25-2)8-19-15-18-7-6-11(21-15)12-13(17)23-14(22-12)10-4-3-5-10/h6-7,9-10H,3-5,8H2,1-2H3,(H,20,24)(H,22,23)(H,18,19,21). The van der Waals surface area contributed by atoms with Crippen LogP contribution in [0, 0.1) is 0 Å². The highest BCUT2D eigenvalue weighted by atomic mass is 79.9. The number of methoxy groups -OCH3 is 1. The molecule has 134 valence electrons. The first-order valence-corrected chi connectivity index (χ1v) is 9.03. The molecular weight excluding hydrogens is 388 g/mol. The fraction of sp³-hybridized carbons (Fsp3) is 0.500. The van der Waals surface area contributed by atoms with Crippen LogP contribution in [0.2, 0.25) is 0 Å². The van der Waals surface area contributed by atoms with Crippen LogP contribution >= 0.6 is 15.9 Å². The number of aromatic nitrogens is 4. The van der Waals surface area contributed by atoms with Gasteiger partial charge in [-0.1, -0.05) is 6.42 Å². The molecule has 0 bridgehead atoms. The molecule has 2 aromatic rings. The summed E-state index contributed by atoms with van der Waals surface area (Å²) in [7, 11) is 1.34. The zero-order chi connectivity index (χ0) is 17.8. The molecule has 2 aromatic heterocycles. The number of hydrogen-bond acceptors (Lipinski definition) is 6. The number of anilines is 1. The van der Waals surface area contributed by atoms with Crippen LogP contribution in [0.3, 0.4) is 0 Å². The second-order valence-electron chi connectivity index (χ2n) is 6.10. The number of carbonyl (C=O) groups is 1. The molecule has 3 N–H and O–H groups in total. The molecular formula is C16H21BrN6O2. The molecule has 2 heterocycles. The van der Waals surface area contributed by atoms with Gasteiger partial charge in [-0.05, 0) is 41.8 Å². The van der Waals surface area contributed by atoms with Gasteiger partial charge in [0.25, 0.3) is 0 Å². The van der Waals surface area contributed by atoms with Crippen LogP contribution in [0.4, 0.5) is 10.7 Å². The van der Waals surface area contributed by atoms with Crippen molar-refractivity contribution in [2.45, 2.75) is 38.1 Å². The second-order valence-corrected chi connectivity index (χ2v) is 6.85.